The summed E-state index contributed by atoms with van der Waals surface area (Å²) in [5.74, 6) is -0.155. The van der Waals surface area contributed by atoms with Crippen molar-refractivity contribution in [1.29, 1.82) is 0 Å². The van der Waals surface area contributed by atoms with Crippen molar-refractivity contribution in [2.24, 2.45) is 0 Å². The summed E-state index contributed by atoms with van der Waals surface area (Å²) >= 11 is 0. The molecule has 1 aromatic rings. The van der Waals surface area contributed by atoms with E-state index in [4.69, 9.17) is 4.74 Å². The Bertz CT molecular complexity index is 337. The molecule has 1 unspecified atom stereocenters. The lowest BCUT2D eigenvalue weighted by Gasteiger charge is -2.22. The fraction of sp³-hybridized carbons (Fsp3) is 0.571. The van der Waals surface area contributed by atoms with Crippen molar-refractivity contribution in [3.8, 4) is 0 Å². The van der Waals surface area contributed by atoms with E-state index in [1.165, 1.54) is 18.9 Å². The molecule has 1 N–H and O–H groups in total. The highest BCUT2D eigenvalue weighted by Gasteiger charge is 2.12. The molecule has 0 bridgehead atoms. The number of benzene rings is 1. The summed E-state index contributed by atoms with van der Waals surface area (Å²) < 4.78 is 18.6. The van der Waals surface area contributed by atoms with Gasteiger partial charge in [0.1, 0.15) is 5.82 Å². The van der Waals surface area contributed by atoms with Gasteiger partial charge in [-0.2, -0.15) is 0 Å². The summed E-state index contributed by atoms with van der Waals surface area (Å²) in [4.78, 5) is 0. The number of hydrogen-bond acceptors (Lipinski definition) is 2. The first-order chi connectivity index (χ1) is 8.34. The van der Waals surface area contributed by atoms with E-state index in [0.29, 0.717) is 6.10 Å². The van der Waals surface area contributed by atoms with Crippen LogP contribution in [0, 0.1) is 5.82 Å². The van der Waals surface area contributed by atoms with Gasteiger partial charge in [0, 0.05) is 13.2 Å². The Morgan fingerprint density at radius 2 is 2.29 bits per heavy atom. The Morgan fingerprint density at radius 3 is 3.06 bits per heavy atom. The Labute approximate surface area is 102 Å². The maximum Gasteiger partial charge on any atom is 0.123 e. The quantitative estimate of drug-likeness (QED) is 0.795. The van der Waals surface area contributed by atoms with Gasteiger partial charge in [-0.05, 0) is 49.9 Å². The average molecular weight is 237 g/mol. The van der Waals surface area contributed by atoms with Crippen LogP contribution in [0.25, 0.3) is 0 Å². The normalized spacial score (nSPS) is 20.4. The minimum absolute atomic E-state index is 0.155. The van der Waals surface area contributed by atoms with Gasteiger partial charge in [-0.25, -0.2) is 4.39 Å². The second-order valence-corrected chi connectivity index (χ2v) is 4.57. The molecule has 1 aliphatic rings. The minimum atomic E-state index is -0.155. The van der Waals surface area contributed by atoms with E-state index in [9.17, 15) is 4.39 Å². The lowest BCUT2D eigenvalue weighted by Crippen LogP contribution is -2.32. The SMILES string of the molecule is Fc1cccc(CCNCC2CCCCO2)c1. The molecular weight excluding hydrogens is 217 g/mol. The Balaban J connectivity index is 1.62. The lowest BCUT2D eigenvalue weighted by molar-refractivity contribution is 0.0171. The standard InChI is InChI=1S/C14H20FNO/c15-13-5-3-4-12(10-13)7-8-16-11-14-6-1-2-9-17-14/h3-5,10,14,16H,1-2,6-9,11H2. The summed E-state index contributed by atoms with van der Waals surface area (Å²) in [5.41, 5.74) is 1.04. The van der Waals surface area contributed by atoms with Gasteiger partial charge in [-0.1, -0.05) is 12.1 Å². The second-order valence-electron chi connectivity index (χ2n) is 4.57. The van der Waals surface area contributed by atoms with Crippen LogP contribution >= 0.6 is 0 Å². The second kappa shape index (κ2) is 6.72. The molecule has 1 aliphatic heterocycles. The van der Waals surface area contributed by atoms with E-state index in [0.717, 1.165) is 38.1 Å². The van der Waals surface area contributed by atoms with E-state index in [1.54, 1.807) is 12.1 Å². The third-order valence-corrected chi connectivity index (χ3v) is 3.13. The molecule has 0 aromatic heterocycles. The molecule has 0 saturated carbocycles. The molecule has 0 amide bonds. The molecule has 2 rings (SSSR count). The summed E-state index contributed by atoms with van der Waals surface area (Å²) in [7, 11) is 0. The van der Waals surface area contributed by atoms with Gasteiger partial charge in [-0.3, -0.25) is 0 Å². The van der Waals surface area contributed by atoms with E-state index < -0.39 is 0 Å². The van der Waals surface area contributed by atoms with Crippen LogP contribution in [-0.4, -0.2) is 25.8 Å². The molecular formula is C14H20FNO. The smallest absolute Gasteiger partial charge is 0.123 e. The minimum Gasteiger partial charge on any atom is -0.377 e. The molecule has 1 atom stereocenters. The van der Waals surface area contributed by atoms with Crippen LogP contribution in [0.15, 0.2) is 24.3 Å². The van der Waals surface area contributed by atoms with Crippen molar-refractivity contribution in [2.45, 2.75) is 31.8 Å². The van der Waals surface area contributed by atoms with E-state index in [1.807, 2.05) is 6.07 Å². The highest BCUT2D eigenvalue weighted by Crippen LogP contribution is 2.11. The van der Waals surface area contributed by atoms with E-state index in [-0.39, 0.29) is 5.82 Å². The lowest BCUT2D eigenvalue weighted by atomic mass is 10.1. The van der Waals surface area contributed by atoms with Gasteiger partial charge < -0.3 is 10.1 Å². The Kier molecular flexibility index (Phi) is 4.95. The van der Waals surface area contributed by atoms with Crippen molar-refractivity contribution < 1.29 is 9.13 Å². The van der Waals surface area contributed by atoms with Gasteiger partial charge in [0.2, 0.25) is 0 Å². The molecule has 0 radical (unpaired) electrons. The predicted molar refractivity (Wildman–Crippen MR) is 66.6 cm³/mol. The first-order valence-electron chi connectivity index (χ1n) is 6.41. The van der Waals surface area contributed by atoms with Crippen LogP contribution in [-0.2, 0) is 11.2 Å². The highest BCUT2D eigenvalue weighted by molar-refractivity contribution is 5.16. The maximum atomic E-state index is 12.9. The zero-order chi connectivity index (χ0) is 11.9. The van der Waals surface area contributed by atoms with Gasteiger partial charge in [0.15, 0.2) is 0 Å². The summed E-state index contributed by atoms with van der Waals surface area (Å²) in [6.45, 7) is 2.69. The van der Waals surface area contributed by atoms with Crippen LogP contribution in [0.1, 0.15) is 24.8 Å². The number of nitrogens with one attached hydrogen (secondary N) is 1. The number of rotatable bonds is 5. The molecule has 17 heavy (non-hydrogen) atoms. The van der Waals surface area contributed by atoms with Gasteiger partial charge in [-0.15, -0.1) is 0 Å². The van der Waals surface area contributed by atoms with Gasteiger partial charge >= 0.3 is 0 Å². The Hall–Kier alpha value is -0.930. The van der Waals surface area contributed by atoms with Gasteiger partial charge in [0.25, 0.3) is 0 Å². The van der Waals surface area contributed by atoms with Crippen molar-refractivity contribution in [3.05, 3.63) is 35.6 Å². The molecule has 3 heteroatoms. The van der Waals surface area contributed by atoms with Crippen molar-refractivity contribution in [1.82, 2.24) is 5.32 Å². The number of halogens is 1. The molecule has 2 nitrogen and oxygen atoms in total. The van der Waals surface area contributed by atoms with Crippen molar-refractivity contribution in [3.63, 3.8) is 0 Å². The van der Waals surface area contributed by atoms with E-state index >= 15 is 0 Å². The van der Waals surface area contributed by atoms with Crippen molar-refractivity contribution >= 4 is 0 Å². The zero-order valence-electron chi connectivity index (χ0n) is 10.1. The summed E-state index contributed by atoms with van der Waals surface area (Å²) in [5, 5.41) is 3.38. The largest absolute Gasteiger partial charge is 0.377 e. The summed E-state index contributed by atoms with van der Waals surface area (Å²) in [6.07, 6.45) is 4.87. The van der Waals surface area contributed by atoms with Crippen LogP contribution in [0.3, 0.4) is 0 Å². The fourth-order valence-corrected chi connectivity index (χ4v) is 2.16. The predicted octanol–water partition coefficient (Wildman–Crippen LogP) is 2.53. The zero-order valence-corrected chi connectivity index (χ0v) is 10.1. The fourth-order valence-electron chi connectivity index (χ4n) is 2.16. The van der Waals surface area contributed by atoms with Gasteiger partial charge in [0.05, 0.1) is 6.10 Å². The molecule has 94 valence electrons. The maximum absolute atomic E-state index is 12.9. The average Bonchev–Trinajstić information content (AvgIpc) is 2.36. The molecule has 0 aliphatic carbocycles. The van der Waals surface area contributed by atoms with Crippen LogP contribution in [0.4, 0.5) is 4.39 Å². The number of hydrogen-bond donors (Lipinski definition) is 1. The molecule has 1 aromatic carbocycles. The Morgan fingerprint density at radius 1 is 1.35 bits per heavy atom. The highest BCUT2D eigenvalue weighted by atomic mass is 19.1. The molecule has 1 fully saturated rings. The number of ether oxygens (including phenoxy) is 1. The monoisotopic (exact) mass is 237 g/mol. The van der Waals surface area contributed by atoms with Crippen molar-refractivity contribution in [2.75, 3.05) is 19.7 Å². The van der Waals surface area contributed by atoms with Crippen LogP contribution < -0.4 is 5.32 Å². The first kappa shape index (κ1) is 12.5. The van der Waals surface area contributed by atoms with Crippen LogP contribution in [0.5, 0.6) is 0 Å². The first-order valence-corrected chi connectivity index (χ1v) is 6.41. The molecule has 1 saturated heterocycles. The molecule has 0 spiro atoms. The third kappa shape index (κ3) is 4.44. The van der Waals surface area contributed by atoms with E-state index in [2.05, 4.69) is 5.32 Å². The summed E-state index contributed by atoms with van der Waals surface area (Å²) in [6, 6.07) is 6.79. The third-order valence-electron chi connectivity index (χ3n) is 3.13. The topological polar surface area (TPSA) is 21.3 Å². The molecule has 1 heterocycles. The van der Waals surface area contributed by atoms with Crippen LogP contribution in [0.2, 0.25) is 0 Å².